The van der Waals surface area contributed by atoms with E-state index in [1.165, 1.54) is 0 Å². The van der Waals surface area contributed by atoms with Crippen LogP contribution in [0.15, 0.2) is 0 Å². The second-order valence-electron chi connectivity index (χ2n) is 6.48. The standard InChI is InChI=1S/C15H19NO4/c1-4-7(2)13(17)19-11-8-5-9-12(11)20-14(18)15(9,3)10(8)6-16/h7-12H,4-5H2,1-3H3. The maximum atomic E-state index is 12.1. The van der Waals surface area contributed by atoms with Crippen molar-refractivity contribution in [1.82, 2.24) is 0 Å². The van der Waals surface area contributed by atoms with Gasteiger partial charge in [-0.25, -0.2) is 0 Å². The summed E-state index contributed by atoms with van der Waals surface area (Å²) in [7, 11) is 0. The summed E-state index contributed by atoms with van der Waals surface area (Å²) in [5.74, 6) is -1.19. The molecule has 3 fully saturated rings. The molecule has 2 saturated carbocycles. The topological polar surface area (TPSA) is 76.4 Å². The van der Waals surface area contributed by atoms with Gasteiger partial charge in [0.25, 0.3) is 0 Å². The van der Waals surface area contributed by atoms with Crippen LogP contribution in [-0.2, 0) is 19.1 Å². The van der Waals surface area contributed by atoms with E-state index in [1.807, 2.05) is 20.8 Å². The van der Waals surface area contributed by atoms with Crippen LogP contribution < -0.4 is 0 Å². The molecule has 3 aliphatic rings. The van der Waals surface area contributed by atoms with Gasteiger partial charge in [-0.05, 0) is 19.8 Å². The van der Waals surface area contributed by atoms with Crippen molar-refractivity contribution in [3.63, 3.8) is 0 Å². The van der Waals surface area contributed by atoms with Gasteiger partial charge < -0.3 is 9.47 Å². The van der Waals surface area contributed by atoms with Gasteiger partial charge >= 0.3 is 11.9 Å². The maximum absolute atomic E-state index is 12.1. The first-order valence-corrected chi connectivity index (χ1v) is 7.26. The van der Waals surface area contributed by atoms with E-state index in [0.717, 1.165) is 6.42 Å². The number of esters is 2. The number of nitriles is 1. The molecular formula is C15H19NO4. The predicted octanol–water partition coefficient (Wildman–Crippen LogP) is 1.67. The minimum absolute atomic E-state index is 0.0133. The maximum Gasteiger partial charge on any atom is 0.313 e. The highest BCUT2D eigenvalue weighted by Gasteiger charge is 2.74. The molecule has 1 aliphatic heterocycles. The third-order valence-electron chi connectivity index (χ3n) is 5.60. The molecule has 5 heteroatoms. The van der Waals surface area contributed by atoms with Gasteiger partial charge in [-0.15, -0.1) is 0 Å². The van der Waals surface area contributed by atoms with Crippen molar-refractivity contribution >= 4 is 11.9 Å². The number of nitrogens with zero attached hydrogens (tertiary/aromatic N) is 1. The Labute approximate surface area is 118 Å². The molecule has 0 aromatic carbocycles. The molecule has 0 amide bonds. The van der Waals surface area contributed by atoms with Crippen molar-refractivity contribution in [1.29, 1.82) is 5.26 Å². The van der Waals surface area contributed by atoms with E-state index in [-0.39, 0.29) is 35.8 Å². The number of rotatable bonds is 3. The molecule has 5 nitrogen and oxygen atoms in total. The lowest BCUT2D eigenvalue weighted by Gasteiger charge is -2.33. The molecule has 20 heavy (non-hydrogen) atoms. The summed E-state index contributed by atoms with van der Waals surface area (Å²) < 4.78 is 11.0. The van der Waals surface area contributed by atoms with Crippen molar-refractivity contribution in [3.8, 4) is 6.07 Å². The zero-order valence-corrected chi connectivity index (χ0v) is 12.0. The average molecular weight is 277 g/mol. The fraction of sp³-hybridized carbons (Fsp3) is 0.800. The van der Waals surface area contributed by atoms with Crippen LogP contribution in [0.2, 0.25) is 0 Å². The lowest BCUT2D eigenvalue weighted by molar-refractivity contribution is -0.165. The number of ether oxygens (including phenoxy) is 2. The number of carbonyl (C=O) groups is 2. The summed E-state index contributed by atoms with van der Waals surface area (Å²) in [6, 6.07) is 2.25. The van der Waals surface area contributed by atoms with Crippen LogP contribution in [0.1, 0.15) is 33.6 Å². The molecule has 0 N–H and O–H groups in total. The van der Waals surface area contributed by atoms with Crippen molar-refractivity contribution in [3.05, 3.63) is 0 Å². The largest absolute Gasteiger partial charge is 0.458 e. The molecule has 2 bridgehead atoms. The predicted molar refractivity (Wildman–Crippen MR) is 68.0 cm³/mol. The van der Waals surface area contributed by atoms with Gasteiger partial charge in [0.05, 0.1) is 23.3 Å². The highest BCUT2D eigenvalue weighted by molar-refractivity contribution is 5.82. The molecular weight excluding hydrogens is 258 g/mol. The third kappa shape index (κ3) is 1.42. The molecule has 0 spiro atoms. The number of fused-ring (bicyclic) bond motifs is 1. The molecule has 7 atom stereocenters. The monoisotopic (exact) mass is 277 g/mol. The summed E-state index contributed by atoms with van der Waals surface area (Å²) in [4.78, 5) is 24.1. The highest BCUT2D eigenvalue weighted by atomic mass is 16.6. The first-order valence-electron chi connectivity index (χ1n) is 7.26. The van der Waals surface area contributed by atoms with Gasteiger partial charge in [0.15, 0.2) is 0 Å². The molecule has 0 aromatic rings. The summed E-state index contributed by atoms with van der Waals surface area (Å²) >= 11 is 0. The van der Waals surface area contributed by atoms with Crippen molar-refractivity contribution in [2.24, 2.45) is 29.1 Å². The highest BCUT2D eigenvalue weighted by Crippen LogP contribution is 2.65. The van der Waals surface area contributed by atoms with Crippen LogP contribution in [0.5, 0.6) is 0 Å². The van der Waals surface area contributed by atoms with E-state index < -0.39 is 17.4 Å². The van der Waals surface area contributed by atoms with Crippen LogP contribution in [-0.4, -0.2) is 24.1 Å². The van der Waals surface area contributed by atoms with E-state index in [1.54, 1.807) is 0 Å². The minimum Gasteiger partial charge on any atom is -0.458 e. The van der Waals surface area contributed by atoms with Gasteiger partial charge in [0.1, 0.15) is 12.2 Å². The smallest absolute Gasteiger partial charge is 0.313 e. The van der Waals surface area contributed by atoms with E-state index in [2.05, 4.69) is 6.07 Å². The normalized spacial score (nSPS) is 45.9. The Morgan fingerprint density at radius 1 is 1.65 bits per heavy atom. The Balaban J connectivity index is 1.86. The van der Waals surface area contributed by atoms with Crippen LogP contribution >= 0.6 is 0 Å². The lowest BCUT2D eigenvalue weighted by Crippen LogP contribution is -2.45. The first-order chi connectivity index (χ1) is 9.44. The number of hydrogen-bond acceptors (Lipinski definition) is 5. The van der Waals surface area contributed by atoms with Crippen LogP contribution in [0.4, 0.5) is 0 Å². The molecule has 7 unspecified atom stereocenters. The van der Waals surface area contributed by atoms with Crippen molar-refractivity contribution in [2.75, 3.05) is 0 Å². The van der Waals surface area contributed by atoms with Crippen molar-refractivity contribution < 1.29 is 19.1 Å². The van der Waals surface area contributed by atoms with Gasteiger partial charge in [0, 0.05) is 11.8 Å². The number of hydrogen-bond donors (Lipinski definition) is 0. The summed E-state index contributed by atoms with van der Waals surface area (Å²) in [5.41, 5.74) is -0.705. The summed E-state index contributed by atoms with van der Waals surface area (Å²) in [5, 5.41) is 9.40. The summed E-state index contributed by atoms with van der Waals surface area (Å²) in [6.45, 7) is 5.57. The van der Waals surface area contributed by atoms with Gasteiger partial charge in [-0.2, -0.15) is 5.26 Å². The summed E-state index contributed by atoms with van der Waals surface area (Å²) in [6.07, 6.45) is 0.661. The quantitative estimate of drug-likeness (QED) is 0.733. The van der Waals surface area contributed by atoms with Gasteiger partial charge in [0.2, 0.25) is 0 Å². The SMILES string of the molecule is CCC(C)C(=O)OC1C2CC3C1OC(=O)C3(C)C2C#N. The molecule has 3 rings (SSSR count). The Morgan fingerprint density at radius 2 is 2.35 bits per heavy atom. The Bertz CT molecular complexity index is 510. The second-order valence-corrected chi connectivity index (χ2v) is 6.48. The zero-order valence-electron chi connectivity index (χ0n) is 12.0. The fourth-order valence-corrected chi connectivity index (χ4v) is 4.10. The zero-order chi connectivity index (χ0) is 14.7. The van der Waals surface area contributed by atoms with Crippen LogP contribution in [0.25, 0.3) is 0 Å². The fourth-order valence-electron chi connectivity index (χ4n) is 4.10. The van der Waals surface area contributed by atoms with E-state index >= 15 is 0 Å². The Kier molecular flexibility index (Phi) is 2.82. The molecule has 1 saturated heterocycles. The van der Waals surface area contributed by atoms with Gasteiger partial charge in [-0.3, -0.25) is 9.59 Å². The van der Waals surface area contributed by atoms with Gasteiger partial charge in [-0.1, -0.05) is 13.8 Å². The van der Waals surface area contributed by atoms with Crippen LogP contribution in [0, 0.1) is 40.4 Å². The van der Waals surface area contributed by atoms with E-state index in [4.69, 9.17) is 9.47 Å². The molecule has 2 aliphatic carbocycles. The van der Waals surface area contributed by atoms with E-state index in [9.17, 15) is 14.9 Å². The van der Waals surface area contributed by atoms with Crippen LogP contribution in [0.3, 0.4) is 0 Å². The molecule has 0 aromatic heterocycles. The Hall–Kier alpha value is -1.57. The first kappa shape index (κ1) is 13.4. The lowest BCUT2D eigenvalue weighted by atomic mass is 9.68. The second kappa shape index (κ2) is 4.21. The molecule has 0 radical (unpaired) electrons. The van der Waals surface area contributed by atoms with E-state index in [0.29, 0.717) is 6.42 Å². The minimum atomic E-state index is -0.705. The number of carbonyl (C=O) groups excluding carboxylic acids is 2. The van der Waals surface area contributed by atoms with Crippen molar-refractivity contribution in [2.45, 2.75) is 45.8 Å². The Morgan fingerprint density at radius 3 is 2.95 bits per heavy atom. The molecule has 108 valence electrons. The third-order valence-corrected chi connectivity index (χ3v) is 5.60. The average Bonchev–Trinajstić information content (AvgIpc) is 2.97. The molecule has 1 heterocycles.